The number of rotatable bonds is 9. The Kier molecular flexibility index (Phi) is 6.52. The van der Waals surface area contributed by atoms with Gasteiger partial charge in [0, 0.05) is 36.4 Å². The first-order valence-corrected chi connectivity index (χ1v) is 8.66. The standard InChI is InChI=1S/C17H27BrN2O/c1-13(2)11-19-12-14-4-5-16(10-17(14)18)20(8-9-21-3)15-6-7-15/h4-5,10,13,15,19H,6-9,11-12H2,1-3H3. The van der Waals surface area contributed by atoms with Crippen molar-refractivity contribution in [2.75, 3.05) is 31.7 Å². The third-order valence-corrected chi connectivity index (χ3v) is 4.50. The van der Waals surface area contributed by atoms with E-state index in [0.29, 0.717) is 12.0 Å². The molecule has 0 aromatic heterocycles. The molecule has 1 N–H and O–H groups in total. The molecule has 1 fully saturated rings. The van der Waals surface area contributed by atoms with Crippen molar-refractivity contribution in [2.45, 2.75) is 39.3 Å². The summed E-state index contributed by atoms with van der Waals surface area (Å²) >= 11 is 3.72. The number of halogens is 1. The second-order valence-electron chi connectivity index (χ2n) is 6.22. The van der Waals surface area contributed by atoms with Gasteiger partial charge >= 0.3 is 0 Å². The Morgan fingerprint density at radius 1 is 1.38 bits per heavy atom. The SMILES string of the molecule is COCCN(c1ccc(CNCC(C)C)c(Br)c1)C1CC1. The van der Waals surface area contributed by atoms with E-state index in [9.17, 15) is 0 Å². The zero-order valence-corrected chi connectivity index (χ0v) is 14.9. The van der Waals surface area contributed by atoms with E-state index in [0.717, 1.165) is 26.2 Å². The normalized spacial score (nSPS) is 14.7. The van der Waals surface area contributed by atoms with Gasteiger partial charge in [-0.15, -0.1) is 0 Å². The van der Waals surface area contributed by atoms with Crippen molar-refractivity contribution in [1.82, 2.24) is 5.32 Å². The second-order valence-corrected chi connectivity index (χ2v) is 7.07. The third-order valence-electron chi connectivity index (χ3n) is 3.76. The molecule has 3 nitrogen and oxygen atoms in total. The Hall–Kier alpha value is -0.580. The van der Waals surface area contributed by atoms with Crippen LogP contribution < -0.4 is 10.2 Å². The first-order chi connectivity index (χ1) is 10.1. The summed E-state index contributed by atoms with van der Waals surface area (Å²) in [5.41, 5.74) is 2.62. The fourth-order valence-electron chi connectivity index (χ4n) is 2.45. The average Bonchev–Trinajstić information content (AvgIpc) is 3.26. The molecule has 1 aliphatic carbocycles. The molecule has 4 heteroatoms. The van der Waals surface area contributed by atoms with Crippen LogP contribution in [0.5, 0.6) is 0 Å². The lowest BCUT2D eigenvalue weighted by molar-refractivity contribution is 0.205. The number of hydrogen-bond acceptors (Lipinski definition) is 3. The van der Waals surface area contributed by atoms with Crippen LogP contribution in [-0.4, -0.2) is 32.8 Å². The lowest BCUT2D eigenvalue weighted by Gasteiger charge is -2.25. The van der Waals surface area contributed by atoms with Crippen LogP contribution in [-0.2, 0) is 11.3 Å². The number of hydrogen-bond donors (Lipinski definition) is 1. The molecule has 2 rings (SSSR count). The molecular weight excluding hydrogens is 328 g/mol. The summed E-state index contributed by atoms with van der Waals surface area (Å²) in [5.74, 6) is 0.683. The lowest BCUT2D eigenvalue weighted by Crippen LogP contribution is -2.29. The molecular formula is C17H27BrN2O. The minimum atomic E-state index is 0.683. The zero-order valence-electron chi connectivity index (χ0n) is 13.4. The molecule has 0 radical (unpaired) electrons. The molecule has 21 heavy (non-hydrogen) atoms. The maximum absolute atomic E-state index is 5.24. The van der Waals surface area contributed by atoms with Crippen molar-refractivity contribution in [3.63, 3.8) is 0 Å². The molecule has 1 aromatic rings. The van der Waals surface area contributed by atoms with Gasteiger partial charge < -0.3 is 15.0 Å². The van der Waals surface area contributed by atoms with Crippen LogP contribution in [0.4, 0.5) is 5.69 Å². The summed E-state index contributed by atoms with van der Waals surface area (Å²) < 4.78 is 6.43. The van der Waals surface area contributed by atoms with Crippen LogP contribution in [0, 0.1) is 5.92 Å². The quantitative estimate of drug-likeness (QED) is 0.729. The number of methoxy groups -OCH3 is 1. The highest BCUT2D eigenvalue weighted by atomic mass is 79.9. The van der Waals surface area contributed by atoms with Gasteiger partial charge in [-0.2, -0.15) is 0 Å². The van der Waals surface area contributed by atoms with Crippen LogP contribution in [0.15, 0.2) is 22.7 Å². The average molecular weight is 355 g/mol. The number of ether oxygens (including phenoxy) is 1. The van der Waals surface area contributed by atoms with Gasteiger partial charge in [-0.05, 0) is 43.0 Å². The fourth-order valence-corrected chi connectivity index (χ4v) is 2.96. The van der Waals surface area contributed by atoms with Gasteiger partial charge in [-0.1, -0.05) is 35.8 Å². The molecule has 0 amide bonds. The van der Waals surface area contributed by atoms with Crippen LogP contribution in [0.25, 0.3) is 0 Å². The minimum absolute atomic E-state index is 0.683. The maximum atomic E-state index is 5.24. The van der Waals surface area contributed by atoms with Crippen molar-refractivity contribution in [2.24, 2.45) is 5.92 Å². The highest BCUT2D eigenvalue weighted by Crippen LogP contribution is 2.33. The predicted octanol–water partition coefficient (Wildman–Crippen LogP) is 3.81. The number of nitrogens with one attached hydrogen (secondary N) is 1. The summed E-state index contributed by atoms with van der Waals surface area (Å²) in [7, 11) is 1.77. The zero-order chi connectivity index (χ0) is 15.2. The molecule has 0 bridgehead atoms. The first-order valence-electron chi connectivity index (χ1n) is 7.86. The van der Waals surface area contributed by atoms with Crippen molar-refractivity contribution in [1.29, 1.82) is 0 Å². The van der Waals surface area contributed by atoms with E-state index in [4.69, 9.17) is 4.74 Å². The minimum Gasteiger partial charge on any atom is -0.383 e. The van der Waals surface area contributed by atoms with Gasteiger partial charge in [-0.3, -0.25) is 0 Å². The summed E-state index contributed by atoms with van der Waals surface area (Å²) in [6.07, 6.45) is 2.61. The molecule has 1 saturated carbocycles. The summed E-state index contributed by atoms with van der Waals surface area (Å²) in [4.78, 5) is 2.47. The summed E-state index contributed by atoms with van der Waals surface area (Å²) in [6.45, 7) is 8.18. The summed E-state index contributed by atoms with van der Waals surface area (Å²) in [5, 5.41) is 3.50. The molecule has 0 atom stereocenters. The van der Waals surface area contributed by atoms with Gasteiger partial charge in [0.1, 0.15) is 0 Å². The topological polar surface area (TPSA) is 24.5 Å². The van der Waals surface area contributed by atoms with Crippen molar-refractivity contribution in [3.05, 3.63) is 28.2 Å². The molecule has 0 spiro atoms. The highest BCUT2D eigenvalue weighted by Gasteiger charge is 2.29. The van der Waals surface area contributed by atoms with E-state index in [1.54, 1.807) is 7.11 Å². The van der Waals surface area contributed by atoms with E-state index in [1.165, 1.54) is 28.6 Å². The van der Waals surface area contributed by atoms with Crippen molar-refractivity contribution >= 4 is 21.6 Å². The molecule has 0 unspecified atom stereocenters. The molecule has 0 saturated heterocycles. The smallest absolute Gasteiger partial charge is 0.0637 e. The number of benzene rings is 1. The number of nitrogens with zero attached hydrogens (tertiary/aromatic N) is 1. The molecule has 118 valence electrons. The van der Waals surface area contributed by atoms with Gasteiger partial charge in [0.2, 0.25) is 0 Å². The maximum Gasteiger partial charge on any atom is 0.0637 e. The van der Waals surface area contributed by atoms with E-state index in [-0.39, 0.29) is 0 Å². The Morgan fingerprint density at radius 3 is 2.71 bits per heavy atom. The molecule has 1 aromatic carbocycles. The fraction of sp³-hybridized carbons (Fsp3) is 0.647. The van der Waals surface area contributed by atoms with Gasteiger partial charge in [0.25, 0.3) is 0 Å². The van der Waals surface area contributed by atoms with Gasteiger partial charge in [0.05, 0.1) is 6.61 Å². The Balaban J connectivity index is 1.99. The molecule has 1 aliphatic rings. The molecule has 0 heterocycles. The van der Waals surface area contributed by atoms with Crippen LogP contribution in [0.3, 0.4) is 0 Å². The Morgan fingerprint density at radius 2 is 2.14 bits per heavy atom. The number of anilines is 1. The highest BCUT2D eigenvalue weighted by molar-refractivity contribution is 9.10. The van der Waals surface area contributed by atoms with Crippen LogP contribution in [0.2, 0.25) is 0 Å². The Bertz CT molecular complexity index is 446. The van der Waals surface area contributed by atoms with Gasteiger partial charge in [0.15, 0.2) is 0 Å². The third kappa shape index (κ3) is 5.28. The largest absolute Gasteiger partial charge is 0.383 e. The predicted molar refractivity (Wildman–Crippen MR) is 92.9 cm³/mol. The van der Waals surface area contributed by atoms with E-state index in [2.05, 4.69) is 58.2 Å². The van der Waals surface area contributed by atoms with Gasteiger partial charge in [-0.25, -0.2) is 0 Å². The second kappa shape index (κ2) is 8.16. The van der Waals surface area contributed by atoms with Crippen molar-refractivity contribution in [3.8, 4) is 0 Å². The van der Waals surface area contributed by atoms with Crippen LogP contribution in [0.1, 0.15) is 32.3 Å². The van der Waals surface area contributed by atoms with Crippen molar-refractivity contribution < 1.29 is 4.74 Å². The first kappa shape index (κ1) is 16.8. The summed E-state index contributed by atoms with van der Waals surface area (Å²) in [6, 6.07) is 7.43. The van der Waals surface area contributed by atoms with E-state index < -0.39 is 0 Å². The Labute approximate surface area is 137 Å². The van der Waals surface area contributed by atoms with E-state index >= 15 is 0 Å². The molecule has 0 aliphatic heterocycles. The van der Waals surface area contributed by atoms with E-state index in [1.807, 2.05) is 0 Å². The monoisotopic (exact) mass is 354 g/mol. The lowest BCUT2D eigenvalue weighted by atomic mass is 10.1. The van der Waals surface area contributed by atoms with Crippen LogP contribution >= 0.6 is 15.9 Å².